The van der Waals surface area contributed by atoms with E-state index in [1.54, 1.807) is 29.2 Å². The average molecular weight is 309 g/mol. The second kappa shape index (κ2) is 6.52. The van der Waals surface area contributed by atoms with Gasteiger partial charge in [-0.15, -0.1) is 0 Å². The van der Waals surface area contributed by atoms with Crippen molar-refractivity contribution in [2.45, 2.75) is 13.0 Å². The quantitative estimate of drug-likeness (QED) is 0.845. The third kappa shape index (κ3) is 3.51. The largest absolute Gasteiger partial charge is 0.399 e. The number of hydrogen-bond acceptors (Lipinski definition) is 3. The first kappa shape index (κ1) is 15.1. The highest BCUT2D eigenvalue weighted by Gasteiger charge is 2.21. The molecule has 0 atom stereocenters. The fraction of sp³-hybridized carbons (Fsp3) is 0.222. The summed E-state index contributed by atoms with van der Waals surface area (Å²) in [5.41, 5.74) is 9.38. The van der Waals surface area contributed by atoms with Gasteiger partial charge in [-0.3, -0.25) is 9.59 Å². The number of benzene rings is 2. The number of fused-ring (bicyclic) bond motifs is 1. The van der Waals surface area contributed by atoms with Crippen molar-refractivity contribution in [2.24, 2.45) is 0 Å². The first-order chi connectivity index (χ1) is 11.1. The molecular weight excluding hydrogens is 290 g/mol. The molecule has 2 aromatic rings. The molecule has 0 unspecified atom stereocenters. The molecule has 2 aromatic carbocycles. The van der Waals surface area contributed by atoms with Crippen LogP contribution in [0.15, 0.2) is 48.5 Å². The number of anilines is 1. The number of carbonyl (C=O) groups is 2. The highest BCUT2D eigenvalue weighted by atomic mass is 16.2. The van der Waals surface area contributed by atoms with E-state index in [1.807, 2.05) is 24.3 Å². The summed E-state index contributed by atoms with van der Waals surface area (Å²) >= 11 is 0. The molecule has 0 saturated heterocycles. The SMILES string of the molecule is Nc1ccc2c(c1)CN(C(=O)CNC(=O)c1ccccc1)CC2. The van der Waals surface area contributed by atoms with E-state index in [0.29, 0.717) is 24.3 Å². The number of nitrogens with two attached hydrogens (primary N) is 1. The van der Waals surface area contributed by atoms with Crippen molar-refractivity contribution < 1.29 is 9.59 Å². The minimum absolute atomic E-state index is 0.00533. The highest BCUT2D eigenvalue weighted by Crippen LogP contribution is 2.21. The molecule has 3 rings (SSSR count). The lowest BCUT2D eigenvalue weighted by Crippen LogP contribution is -2.42. The summed E-state index contributed by atoms with van der Waals surface area (Å²) in [6.07, 6.45) is 0.813. The minimum Gasteiger partial charge on any atom is -0.399 e. The first-order valence-electron chi connectivity index (χ1n) is 7.62. The van der Waals surface area contributed by atoms with Gasteiger partial charge in [0.2, 0.25) is 5.91 Å². The van der Waals surface area contributed by atoms with Crippen LogP contribution in [0.3, 0.4) is 0 Å². The maximum Gasteiger partial charge on any atom is 0.251 e. The van der Waals surface area contributed by atoms with Crippen LogP contribution in [0.25, 0.3) is 0 Å². The molecule has 5 nitrogen and oxygen atoms in total. The zero-order chi connectivity index (χ0) is 16.2. The monoisotopic (exact) mass is 309 g/mol. The Morgan fingerprint density at radius 1 is 1.09 bits per heavy atom. The van der Waals surface area contributed by atoms with Crippen LogP contribution >= 0.6 is 0 Å². The van der Waals surface area contributed by atoms with Gasteiger partial charge in [0.05, 0.1) is 6.54 Å². The van der Waals surface area contributed by atoms with Crippen LogP contribution in [0.4, 0.5) is 5.69 Å². The van der Waals surface area contributed by atoms with Crippen LogP contribution in [-0.4, -0.2) is 29.8 Å². The molecule has 5 heteroatoms. The van der Waals surface area contributed by atoms with Crippen molar-refractivity contribution in [3.63, 3.8) is 0 Å². The van der Waals surface area contributed by atoms with Crippen LogP contribution in [0.5, 0.6) is 0 Å². The molecule has 0 spiro atoms. The van der Waals surface area contributed by atoms with Crippen molar-refractivity contribution in [3.8, 4) is 0 Å². The van der Waals surface area contributed by atoms with Crippen LogP contribution in [-0.2, 0) is 17.8 Å². The summed E-state index contributed by atoms with van der Waals surface area (Å²) in [5, 5.41) is 2.68. The molecule has 2 amide bonds. The normalized spacial score (nSPS) is 13.3. The van der Waals surface area contributed by atoms with Crippen molar-refractivity contribution in [2.75, 3.05) is 18.8 Å². The molecule has 1 aliphatic heterocycles. The molecule has 1 heterocycles. The highest BCUT2D eigenvalue weighted by molar-refractivity contribution is 5.96. The van der Waals surface area contributed by atoms with Crippen LogP contribution in [0.2, 0.25) is 0 Å². The van der Waals surface area contributed by atoms with Gasteiger partial charge in [-0.1, -0.05) is 24.3 Å². The number of hydrogen-bond donors (Lipinski definition) is 2. The standard InChI is InChI=1S/C18H19N3O2/c19-16-7-6-13-8-9-21(12-15(13)10-16)17(22)11-20-18(23)14-4-2-1-3-5-14/h1-7,10H,8-9,11-12,19H2,(H,20,23). The number of nitrogens with one attached hydrogen (secondary N) is 1. The lowest BCUT2D eigenvalue weighted by Gasteiger charge is -2.29. The summed E-state index contributed by atoms with van der Waals surface area (Å²) < 4.78 is 0. The Balaban J connectivity index is 1.58. The van der Waals surface area contributed by atoms with Crippen molar-refractivity contribution in [1.82, 2.24) is 10.2 Å². The van der Waals surface area contributed by atoms with Gasteiger partial charge < -0.3 is 16.0 Å². The van der Waals surface area contributed by atoms with Gasteiger partial charge in [0.1, 0.15) is 0 Å². The Kier molecular flexibility index (Phi) is 4.28. The molecule has 0 aliphatic carbocycles. The number of nitrogens with zero attached hydrogens (tertiary/aromatic N) is 1. The van der Waals surface area contributed by atoms with E-state index >= 15 is 0 Å². The minimum atomic E-state index is -0.236. The van der Waals surface area contributed by atoms with Gasteiger partial charge in [-0.25, -0.2) is 0 Å². The number of nitrogen functional groups attached to an aromatic ring is 1. The molecule has 0 radical (unpaired) electrons. The molecule has 0 saturated carbocycles. The van der Waals surface area contributed by atoms with Gasteiger partial charge >= 0.3 is 0 Å². The second-order valence-electron chi connectivity index (χ2n) is 5.64. The molecule has 0 fully saturated rings. The van der Waals surface area contributed by atoms with E-state index in [0.717, 1.165) is 12.0 Å². The topological polar surface area (TPSA) is 75.4 Å². The van der Waals surface area contributed by atoms with Gasteiger partial charge in [0.25, 0.3) is 5.91 Å². The van der Waals surface area contributed by atoms with Crippen LogP contribution in [0.1, 0.15) is 21.5 Å². The first-order valence-corrected chi connectivity index (χ1v) is 7.62. The Morgan fingerprint density at radius 2 is 1.87 bits per heavy atom. The Hall–Kier alpha value is -2.82. The summed E-state index contributed by atoms with van der Waals surface area (Å²) in [6, 6.07) is 14.7. The van der Waals surface area contributed by atoms with Gasteiger partial charge in [0.15, 0.2) is 0 Å². The third-order valence-electron chi connectivity index (χ3n) is 4.03. The van der Waals surface area contributed by atoms with Gasteiger partial charge in [0, 0.05) is 24.3 Å². The van der Waals surface area contributed by atoms with Gasteiger partial charge in [-0.05, 0) is 41.8 Å². The van der Waals surface area contributed by atoms with E-state index in [2.05, 4.69) is 5.32 Å². The molecular formula is C18H19N3O2. The van der Waals surface area contributed by atoms with Gasteiger partial charge in [-0.2, -0.15) is 0 Å². The van der Waals surface area contributed by atoms with E-state index in [4.69, 9.17) is 5.73 Å². The molecule has 23 heavy (non-hydrogen) atoms. The van der Waals surface area contributed by atoms with Crippen molar-refractivity contribution in [1.29, 1.82) is 0 Å². The van der Waals surface area contributed by atoms with E-state index < -0.39 is 0 Å². The predicted octanol–water partition coefficient (Wildman–Crippen LogP) is 1.58. The lowest BCUT2D eigenvalue weighted by molar-refractivity contribution is -0.131. The van der Waals surface area contributed by atoms with E-state index in [1.165, 1.54) is 5.56 Å². The fourth-order valence-electron chi connectivity index (χ4n) is 2.75. The maximum atomic E-state index is 12.3. The Morgan fingerprint density at radius 3 is 2.65 bits per heavy atom. The zero-order valence-corrected chi connectivity index (χ0v) is 12.8. The molecule has 0 aromatic heterocycles. The van der Waals surface area contributed by atoms with E-state index in [-0.39, 0.29) is 18.4 Å². The lowest BCUT2D eigenvalue weighted by atomic mass is 9.99. The number of carbonyl (C=O) groups excluding carboxylic acids is 2. The zero-order valence-electron chi connectivity index (χ0n) is 12.8. The Labute approximate surface area is 135 Å². The molecule has 1 aliphatic rings. The van der Waals surface area contributed by atoms with Crippen LogP contribution in [0, 0.1) is 0 Å². The van der Waals surface area contributed by atoms with Crippen molar-refractivity contribution in [3.05, 3.63) is 65.2 Å². The van der Waals surface area contributed by atoms with E-state index in [9.17, 15) is 9.59 Å². The number of rotatable bonds is 3. The molecule has 0 bridgehead atoms. The maximum absolute atomic E-state index is 12.3. The van der Waals surface area contributed by atoms with Crippen LogP contribution < -0.4 is 11.1 Å². The summed E-state index contributed by atoms with van der Waals surface area (Å²) in [5.74, 6) is -0.317. The summed E-state index contributed by atoms with van der Waals surface area (Å²) in [6.45, 7) is 1.21. The predicted molar refractivity (Wildman–Crippen MR) is 88.8 cm³/mol. The number of amides is 2. The third-order valence-corrected chi connectivity index (χ3v) is 4.03. The summed E-state index contributed by atoms with van der Waals surface area (Å²) in [7, 11) is 0. The average Bonchev–Trinajstić information content (AvgIpc) is 2.59. The Bertz CT molecular complexity index is 728. The second-order valence-corrected chi connectivity index (χ2v) is 5.64. The fourth-order valence-corrected chi connectivity index (χ4v) is 2.75. The molecule has 3 N–H and O–H groups in total. The summed E-state index contributed by atoms with van der Waals surface area (Å²) in [4.78, 5) is 26.0. The smallest absolute Gasteiger partial charge is 0.251 e. The van der Waals surface area contributed by atoms with Crippen molar-refractivity contribution >= 4 is 17.5 Å². The molecule has 118 valence electrons.